The van der Waals surface area contributed by atoms with Gasteiger partial charge in [-0.15, -0.1) is 11.8 Å². The van der Waals surface area contributed by atoms with Crippen molar-refractivity contribution in [3.05, 3.63) is 30.1 Å². The molecule has 0 aromatic heterocycles. The number of hydrogen-bond acceptors (Lipinski definition) is 3. The predicted molar refractivity (Wildman–Crippen MR) is 59.7 cm³/mol. The summed E-state index contributed by atoms with van der Waals surface area (Å²) in [5, 5.41) is 4.34. The number of carbonyl (C=O) groups excluding carboxylic acids is 2. The van der Waals surface area contributed by atoms with Crippen LogP contribution < -0.4 is 10.6 Å². The molecule has 2 N–H and O–H groups in total. The summed E-state index contributed by atoms with van der Waals surface area (Å²) < 4.78 is 13.1. The molecule has 1 aromatic rings. The zero-order chi connectivity index (χ0) is 12.0. The molecule has 0 heterocycles. The Kier molecular flexibility index (Phi) is 4.78. The smallest absolute Gasteiger partial charge is 0.321 e. The molecule has 3 amide bonds. The molecule has 16 heavy (non-hydrogen) atoms. The number of halogens is 1. The van der Waals surface area contributed by atoms with Crippen LogP contribution in [0.2, 0.25) is 0 Å². The van der Waals surface area contributed by atoms with Crippen LogP contribution >= 0.6 is 11.8 Å². The van der Waals surface area contributed by atoms with Crippen molar-refractivity contribution in [2.45, 2.75) is 4.90 Å². The topological polar surface area (TPSA) is 58.2 Å². The highest BCUT2D eigenvalue weighted by Gasteiger charge is 2.08. The highest BCUT2D eigenvalue weighted by atomic mass is 32.2. The lowest BCUT2D eigenvalue weighted by Crippen LogP contribution is -2.38. The quantitative estimate of drug-likeness (QED) is 0.787. The van der Waals surface area contributed by atoms with Gasteiger partial charge in [-0.1, -0.05) is 12.1 Å². The first-order valence-corrected chi connectivity index (χ1v) is 5.51. The molecular formula is C10H11FN2O2S. The van der Waals surface area contributed by atoms with Crippen LogP contribution in [0.25, 0.3) is 0 Å². The maximum atomic E-state index is 13.1. The average Bonchev–Trinajstić information content (AvgIpc) is 2.28. The fraction of sp³-hybridized carbons (Fsp3) is 0.200. The van der Waals surface area contributed by atoms with E-state index in [2.05, 4.69) is 10.6 Å². The van der Waals surface area contributed by atoms with Gasteiger partial charge in [0.2, 0.25) is 5.91 Å². The molecule has 6 heteroatoms. The van der Waals surface area contributed by atoms with Crippen LogP contribution in [0.15, 0.2) is 29.2 Å². The van der Waals surface area contributed by atoms with Gasteiger partial charge in [0.25, 0.3) is 0 Å². The average molecular weight is 242 g/mol. The van der Waals surface area contributed by atoms with E-state index >= 15 is 0 Å². The molecule has 0 bridgehead atoms. The Labute approximate surface area is 96.6 Å². The zero-order valence-electron chi connectivity index (χ0n) is 8.62. The monoisotopic (exact) mass is 242 g/mol. The Morgan fingerprint density at radius 2 is 2.06 bits per heavy atom. The molecular weight excluding hydrogens is 231 g/mol. The normalized spacial score (nSPS) is 9.62. The zero-order valence-corrected chi connectivity index (χ0v) is 9.44. The number of hydrogen-bond donors (Lipinski definition) is 2. The van der Waals surface area contributed by atoms with E-state index in [1.165, 1.54) is 13.1 Å². The first kappa shape index (κ1) is 12.5. The molecule has 0 atom stereocenters. The Morgan fingerprint density at radius 3 is 2.69 bits per heavy atom. The van der Waals surface area contributed by atoms with Crippen LogP contribution in [0, 0.1) is 5.82 Å². The van der Waals surface area contributed by atoms with Crippen molar-refractivity contribution < 1.29 is 14.0 Å². The van der Waals surface area contributed by atoms with Crippen molar-refractivity contribution in [1.29, 1.82) is 0 Å². The Hall–Kier alpha value is -1.56. The van der Waals surface area contributed by atoms with Crippen LogP contribution in [0.4, 0.5) is 9.18 Å². The summed E-state index contributed by atoms with van der Waals surface area (Å²) in [6.07, 6.45) is 0. The first-order valence-electron chi connectivity index (χ1n) is 4.52. The van der Waals surface area contributed by atoms with Gasteiger partial charge in [0, 0.05) is 11.9 Å². The Balaban J connectivity index is 2.43. The molecule has 0 aliphatic carbocycles. The van der Waals surface area contributed by atoms with Gasteiger partial charge in [0.05, 0.1) is 5.75 Å². The summed E-state index contributed by atoms with van der Waals surface area (Å²) in [7, 11) is 1.41. The summed E-state index contributed by atoms with van der Waals surface area (Å²) >= 11 is 1.04. The van der Waals surface area contributed by atoms with E-state index in [4.69, 9.17) is 0 Å². The van der Waals surface area contributed by atoms with Gasteiger partial charge >= 0.3 is 6.03 Å². The molecule has 0 saturated heterocycles. The SMILES string of the molecule is CNC(=O)NC(=O)CSc1ccccc1F. The molecule has 4 nitrogen and oxygen atoms in total. The van der Waals surface area contributed by atoms with Gasteiger partial charge in [-0.2, -0.15) is 0 Å². The van der Waals surface area contributed by atoms with Gasteiger partial charge in [-0.3, -0.25) is 10.1 Å². The fourth-order valence-corrected chi connectivity index (χ4v) is 1.67. The van der Waals surface area contributed by atoms with Crippen molar-refractivity contribution in [1.82, 2.24) is 10.6 Å². The van der Waals surface area contributed by atoms with E-state index in [0.29, 0.717) is 4.90 Å². The molecule has 0 unspecified atom stereocenters. The number of imide groups is 1. The summed E-state index contributed by atoms with van der Waals surface area (Å²) in [5.41, 5.74) is 0. The maximum absolute atomic E-state index is 13.1. The van der Waals surface area contributed by atoms with Crippen LogP contribution in [-0.2, 0) is 4.79 Å². The summed E-state index contributed by atoms with van der Waals surface area (Å²) in [4.78, 5) is 22.3. The number of benzene rings is 1. The standard InChI is InChI=1S/C10H11FN2O2S/c1-12-10(15)13-9(14)6-16-8-5-3-2-4-7(8)11/h2-5H,6H2,1H3,(H2,12,13,14,15). The third kappa shape index (κ3) is 3.90. The van der Waals surface area contributed by atoms with Crippen LogP contribution in [0.1, 0.15) is 0 Å². The van der Waals surface area contributed by atoms with Crippen molar-refractivity contribution in [3.63, 3.8) is 0 Å². The summed E-state index contributed by atoms with van der Waals surface area (Å²) in [6, 6.07) is 5.58. The highest BCUT2D eigenvalue weighted by molar-refractivity contribution is 8.00. The number of rotatable bonds is 3. The van der Waals surface area contributed by atoms with Gasteiger partial charge in [-0.05, 0) is 12.1 Å². The van der Waals surface area contributed by atoms with Gasteiger partial charge in [0.1, 0.15) is 5.82 Å². The molecule has 0 radical (unpaired) electrons. The molecule has 0 aliphatic rings. The summed E-state index contributed by atoms with van der Waals surface area (Å²) in [5.74, 6) is -0.846. The minimum Gasteiger partial charge on any atom is -0.341 e. The maximum Gasteiger partial charge on any atom is 0.321 e. The number of amides is 3. The second-order valence-electron chi connectivity index (χ2n) is 2.85. The molecule has 86 valence electrons. The summed E-state index contributed by atoms with van der Waals surface area (Å²) in [6.45, 7) is 0. The van der Waals surface area contributed by atoms with Crippen LogP contribution in [-0.4, -0.2) is 24.7 Å². The Bertz CT molecular complexity index is 398. The van der Waals surface area contributed by atoms with E-state index in [0.717, 1.165) is 11.8 Å². The van der Waals surface area contributed by atoms with E-state index in [1.54, 1.807) is 18.2 Å². The number of nitrogens with one attached hydrogen (secondary N) is 2. The van der Waals surface area contributed by atoms with Crippen LogP contribution in [0.3, 0.4) is 0 Å². The second-order valence-corrected chi connectivity index (χ2v) is 3.86. The highest BCUT2D eigenvalue weighted by Crippen LogP contribution is 2.20. The number of thioether (sulfide) groups is 1. The molecule has 0 saturated carbocycles. The Morgan fingerprint density at radius 1 is 1.38 bits per heavy atom. The van der Waals surface area contributed by atoms with E-state index in [1.807, 2.05) is 0 Å². The molecule has 0 fully saturated rings. The van der Waals surface area contributed by atoms with Crippen LogP contribution in [0.5, 0.6) is 0 Å². The second kappa shape index (κ2) is 6.12. The minimum absolute atomic E-state index is 0.00560. The fourth-order valence-electron chi connectivity index (χ4n) is 0.930. The number of urea groups is 1. The van der Waals surface area contributed by atoms with Gasteiger partial charge in [0.15, 0.2) is 0 Å². The lowest BCUT2D eigenvalue weighted by molar-refractivity contribution is -0.117. The first-order chi connectivity index (χ1) is 7.63. The molecule has 1 rings (SSSR count). The van der Waals surface area contributed by atoms with Gasteiger partial charge < -0.3 is 5.32 Å². The third-order valence-corrected chi connectivity index (χ3v) is 2.72. The van der Waals surface area contributed by atoms with E-state index in [9.17, 15) is 14.0 Å². The third-order valence-electron chi connectivity index (χ3n) is 1.68. The van der Waals surface area contributed by atoms with Crippen molar-refractivity contribution in [3.8, 4) is 0 Å². The predicted octanol–water partition coefficient (Wildman–Crippen LogP) is 1.37. The number of carbonyl (C=O) groups is 2. The van der Waals surface area contributed by atoms with E-state index < -0.39 is 11.9 Å². The largest absolute Gasteiger partial charge is 0.341 e. The molecule has 1 aromatic carbocycles. The molecule has 0 spiro atoms. The van der Waals surface area contributed by atoms with Gasteiger partial charge in [-0.25, -0.2) is 9.18 Å². The van der Waals surface area contributed by atoms with Crippen molar-refractivity contribution >= 4 is 23.7 Å². The minimum atomic E-state index is -0.570. The molecule has 0 aliphatic heterocycles. The van der Waals surface area contributed by atoms with Crippen molar-refractivity contribution in [2.24, 2.45) is 0 Å². The van der Waals surface area contributed by atoms with E-state index in [-0.39, 0.29) is 11.6 Å². The van der Waals surface area contributed by atoms with Crippen molar-refractivity contribution in [2.75, 3.05) is 12.8 Å². The lowest BCUT2D eigenvalue weighted by atomic mass is 10.3. The lowest BCUT2D eigenvalue weighted by Gasteiger charge is -2.03.